The summed E-state index contributed by atoms with van der Waals surface area (Å²) in [6, 6.07) is 21.4. The normalized spacial score (nSPS) is 13.8. The Bertz CT molecular complexity index is 779. The van der Waals surface area contributed by atoms with Crippen LogP contribution in [-0.2, 0) is 4.57 Å². The summed E-state index contributed by atoms with van der Waals surface area (Å²) in [5.74, 6) is 0.415. The molecule has 0 bridgehead atoms. The third-order valence-corrected chi connectivity index (χ3v) is 4.45. The minimum atomic E-state index is -3.87. The molecule has 3 aromatic carbocycles. The van der Waals surface area contributed by atoms with Crippen LogP contribution in [0.5, 0.6) is 5.75 Å². The van der Waals surface area contributed by atoms with Gasteiger partial charge in [0.05, 0.1) is 5.30 Å². The van der Waals surface area contributed by atoms with Crippen LogP contribution < -0.4 is 9.83 Å². The Balaban J connectivity index is 2.03. The van der Waals surface area contributed by atoms with Gasteiger partial charge in [-0.1, -0.05) is 54.6 Å². The molecule has 0 aliphatic heterocycles. The van der Waals surface area contributed by atoms with Crippen molar-refractivity contribution in [2.24, 2.45) is 0 Å². The standard InChI is InChI=1S/C16H13O3P/c17-20(18,14-9-2-1-3-10-14)19-16-12-6-8-13-7-4-5-11-15(13)16/h1-12H,(H,17,18). The van der Waals surface area contributed by atoms with Gasteiger partial charge < -0.3 is 9.42 Å². The Morgan fingerprint density at radius 3 is 2.25 bits per heavy atom. The largest absolute Gasteiger partial charge is 0.421 e. The Morgan fingerprint density at radius 1 is 0.800 bits per heavy atom. The van der Waals surface area contributed by atoms with Gasteiger partial charge in [-0.25, -0.2) is 4.57 Å². The second kappa shape index (κ2) is 5.12. The topological polar surface area (TPSA) is 46.5 Å². The predicted octanol–water partition coefficient (Wildman–Crippen LogP) is 3.73. The third-order valence-electron chi connectivity index (χ3n) is 3.05. The molecule has 0 saturated carbocycles. The van der Waals surface area contributed by atoms with Crippen molar-refractivity contribution in [2.45, 2.75) is 0 Å². The van der Waals surface area contributed by atoms with Gasteiger partial charge in [0.2, 0.25) is 0 Å². The van der Waals surface area contributed by atoms with Crippen molar-refractivity contribution in [3.8, 4) is 5.75 Å². The van der Waals surface area contributed by atoms with Gasteiger partial charge in [-0.3, -0.25) is 0 Å². The SMILES string of the molecule is O=P(O)(Oc1cccc2ccccc12)c1ccccc1. The zero-order valence-corrected chi connectivity index (χ0v) is 11.5. The van der Waals surface area contributed by atoms with Crippen LogP contribution in [0.15, 0.2) is 72.8 Å². The molecule has 0 amide bonds. The van der Waals surface area contributed by atoms with Crippen molar-refractivity contribution in [1.29, 1.82) is 0 Å². The van der Waals surface area contributed by atoms with Crippen molar-refractivity contribution in [3.63, 3.8) is 0 Å². The summed E-state index contributed by atoms with van der Waals surface area (Å²) >= 11 is 0. The van der Waals surface area contributed by atoms with Crippen molar-refractivity contribution in [2.75, 3.05) is 0 Å². The van der Waals surface area contributed by atoms with E-state index in [9.17, 15) is 9.46 Å². The molecule has 4 heteroatoms. The van der Waals surface area contributed by atoms with E-state index in [2.05, 4.69) is 0 Å². The number of hydrogen-bond acceptors (Lipinski definition) is 2. The molecule has 1 N–H and O–H groups in total. The highest BCUT2D eigenvalue weighted by Crippen LogP contribution is 2.43. The molecule has 0 saturated heterocycles. The quantitative estimate of drug-likeness (QED) is 0.745. The Labute approximate surface area is 117 Å². The Hall–Kier alpha value is -2.09. The van der Waals surface area contributed by atoms with E-state index in [1.165, 1.54) is 0 Å². The first kappa shape index (κ1) is 12.9. The summed E-state index contributed by atoms with van der Waals surface area (Å²) in [6.07, 6.45) is 0. The van der Waals surface area contributed by atoms with Gasteiger partial charge in [0.15, 0.2) is 0 Å². The highest BCUT2D eigenvalue weighted by molar-refractivity contribution is 7.61. The van der Waals surface area contributed by atoms with Gasteiger partial charge in [0.25, 0.3) is 0 Å². The highest BCUT2D eigenvalue weighted by atomic mass is 31.2. The first-order chi connectivity index (χ1) is 9.67. The molecular formula is C16H13O3P. The zero-order chi connectivity index (χ0) is 14.0. The van der Waals surface area contributed by atoms with E-state index in [1.54, 1.807) is 36.4 Å². The lowest BCUT2D eigenvalue weighted by atomic mass is 10.1. The smallest absolute Gasteiger partial charge is 0.408 e. The summed E-state index contributed by atoms with van der Waals surface area (Å²) in [5, 5.41) is 2.08. The van der Waals surface area contributed by atoms with Crippen molar-refractivity contribution in [3.05, 3.63) is 72.8 Å². The van der Waals surface area contributed by atoms with Crippen LogP contribution in [0.1, 0.15) is 0 Å². The minimum absolute atomic E-state index is 0.285. The summed E-state index contributed by atoms with van der Waals surface area (Å²) in [4.78, 5) is 10.1. The lowest BCUT2D eigenvalue weighted by Gasteiger charge is -2.15. The van der Waals surface area contributed by atoms with Crippen molar-refractivity contribution >= 4 is 23.7 Å². The fourth-order valence-corrected chi connectivity index (χ4v) is 3.16. The summed E-state index contributed by atoms with van der Waals surface area (Å²) in [7, 11) is -3.87. The summed E-state index contributed by atoms with van der Waals surface area (Å²) in [6.45, 7) is 0. The van der Waals surface area contributed by atoms with Gasteiger partial charge in [-0.2, -0.15) is 0 Å². The van der Waals surface area contributed by atoms with Crippen LogP contribution in [-0.4, -0.2) is 4.89 Å². The predicted molar refractivity (Wildman–Crippen MR) is 80.5 cm³/mol. The van der Waals surface area contributed by atoms with Gasteiger partial charge in [0, 0.05) is 5.39 Å². The molecule has 20 heavy (non-hydrogen) atoms. The molecule has 0 aliphatic rings. The highest BCUT2D eigenvalue weighted by Gasteiger charge is 2.24. The van der Waals surface area contributed by atoms with Crippen LogP contribution in [0, 0.1) is 0 Å². The lowest BCUT2D eigenvalue weighted by Crippen LogP contribution is -2.08. The second-order valence-electron chi connectivity index (χ2n) is 4.42. The Kier molecular flexibility index (Phi) is 3.31. The maximum atomic E-state index is 12.4. The number of rotatable bonds is 3. The van der Waals surface area contributed by atoms with Crippen LogP contribution in [0.4, 0.5) is 0 Å². The first-order valence-electron chi connectivity index (χ1n) is 6.22. The van der Waals surface area contributed by atoms with E-state index in [-0.39, 0.29) is 5.30 Å². The summed E-state index contributed by atoms with van der Waals surface area (Å²) < 4.78 is 17.8. The van der Waals surface area contributed by atoms with Crippen molar-refractivity contribution < 1.29 is 14.0 Å². The van der Waals surface area contributed by atoms with E-state index in [1.807, 2.05) is 36.4 Å². The molecule has 3 nitrogen and oxygen atoms in total. The van der Waals surface area contributed by atoms with Crippen molar-refractivity contribution in [1.82, 2.24) is 0 Å². The van der Waals surface area contributed by atoms with Crippen LogP contribution in [0.25, 0.3) is 10.8 Å². The first-order valence-corrected chi connectivity index (χ1v) is 7.80. The van der Waals surface area contributed by atoms with Gasteiger partial charge in [-0.05, 0) is 23.6 Å². The molecule has 1 atom stereocenters. The minimum Gasteiger partial charge on any atom is -0.421 e. The fraction of sp³-hybridized carbons (Fsp3) is 0. The van der Waals surface area contributed by atoms with E-state index in [0.29, 0.717) is 5.75 Å². The molecule has 3 rings (SSSR count). The molecular weight excluding hydrogens is 271 g/mol. The maximum absolute atomic E-state index is 12.4. The van der Waals surface area contributed by atoms with Gasteiger partial charge in [0.1, 0.15) is 5.75 Å². The van der Waals surface area contributed by atoms with E-state index < -0.39 is 7.60 Å². The molecule has 0 radical (unpaired) electrons. The molecule has 0 fully saturated rings. The number of fused-ring (bicyclic) bond motifs is 1. The maximum Gasteiger partial charge on any atom is 0.408 e. The average molecular weight is 284 g/mol. The molecule has 100 valence electrons. The zero-order valence-electron chi connectivity index (χ0n) is 10.6. The van der Waals surface area contributed by atoms with Crippen LogP contribution >= 0.6 is 7.60 Å². The summed E-state index contributed by atoms with van der Waals surface area (Å²) in [5.41, 5.74) is 0. The molecule has 3 aromatic rings. The average Bonchev–Trinajstić information content (AvgIpc) is 2.48. The Morgan fingerprint density at radius 2 is 1.45 bits per heavy atom. The van der Waals surface area contributed by atoms with Crippen LogP contribution in [0.2, 0.25) is 0 Å². The second-order valence-corrected chi connectivity index (χ2v) is 6.16. The molecule has 1 unspecified atom stereocenters. The number of hydrogen-bond donors (Lipinski definition) is 1. The van der Waals surface area contributed by atoms with E-state index >= 15 is 0 Å². The molecule has 0 aliphatic carbocycles. The monoisotopic (exact) mass is 284 g/mol. The van der Waals surface area contributed by atoms with E-state index in [0.717, 1.165) is 10.8 Å². The fourth-order valence-electron chi connectivity index (χ4n) is 2.08. The van der Waals surface area contributed by atoms with E-state index in [4.69, 9.17) is 4.52 Å². The molecule has 0 spiro atoms. The van der Waals surface area contributed by atoms with Crippen LogP contribution in [0.3, 0.4) is 0 Å². The molecule has 0 aromatic heterocycles. The third kappa shape index (κ3) is 2.46. The lowest BCUT2D eigenvalue weighted by molar-refractivity contribution is 0.395. The van der Waals surface area contributed by atoms with Gasteiger partial charge in [-0.15, -0.1) is 0 Å². The number of benzene rings is 3. The van der Waals surface area contributed by atoms with Gasteiger partial charge >= 0.3 is 7.60 Å². The molecule has 0 heterocycles.